The molecule has 0 spiro atoms. The van der Waals surface area contributed by atoms with E-state index in [1.807, 2.05) is 14.1 Å². The Balaban J connectivity index is 0. The normalized spacial score (nSPS) is 9.27. The minimum Gasteiger partial charge on any atom is -0.323 e. The van der Waals surface area contributed by atoms with Crippen LogP contribution in [0.5, 0.6) is 0 Å². The van der Waals surface area contributed by atoms with Crippen LogP contribution in [-0.4, -0.2) is 14.1 Å². The molecule has 0 aromatic heterocycles. The smallest absolute Gasteiger partial charge is 0.0167 e. The van der Waals surface area contributed by atoms with Crippen LogP contribution in [0.15, 0.2) is 0 Å². The van der Waals surface area contributed by atoms with E-state index in [-0.39, 0.29) is 0 Å². The summed E-state index contributed by atoms with van der Waals surface area (Å²) in [5.74, 6) is 0.904. The second-order valence-electron chi connectivity index (χ2n) is 3.39. The van der Waals surface area contributed by atoms with Gasteiger partial charge in [-0.2, -0.15) is 0 Å². The van der Waals surface area contributed by atoms with Gasteiger partial charge in [0.1, 0.15) is 0 Å². The molecular weight excluding hydrogens is 134 g/mol. The quantitative estimate of drug-likeness (QED) is 0.622. The van der Waals surface area contributed by atoms with Crippen LogP contribution in [-0.2, 0) is 0 Å². The maximum Gasteiger partial charge on any atom is -0.0167 e. The van der Waals surface area contributed by atoms with Crippen LogP contribution < -0.4 is 5.32 Å². The Labute approximate surface area is 72.6 Å². The van der Waals surface area contributed by atoms with E-state index in [1.54, 1.807) is 0 Å². The van der Waals surface area contributed by atoms with Gasteiger partial charge in [0, 0.05) is 0 Å². The molecule has 0 heterocycles. The highest BCUT2D eigenvalue weighted by Gasteiger charge is 1.90. The lowest BCUT2D eigenvalue weighted by atomic mass is 10.1. The van der Waals surface area contributed by atoms with Crippen molar-refractivity contribution in [3.8, 4) is 0 Å². The Morgan fingerprint density at radius 1 is 1.09 bits per heavy atom. The molecule has 0 aliphatic carbocycles. The average molecular weight is 159 g/mol. The zero-order chi connectivity index (χ0) is 9.11. The first-order valence-corrected chi connectivity index (χ1v) is 4.77. The van der Waals surface area contributed by atoms with Crippen LogP contribution in [0.1, 0.15) is 46.5 Å². The second kappa shape index (κ2) is 12.6. The van der Waals surface area contributed by atoms with E-state index in [4.69, 9.17) is 0 Å². The molecule has 0 atom stereocenters. The summed E-state index contributed by atoms with van der Waals surface area (Å²) in [6.07, 6.45) is 5.60. The lowest BCUT2D eigenvalue weighted by Crippen LogP contribution is -1.89. The van der Waals surface area contributed by atoms with Crippen molar-refractivity contribution < 1.29 is 0 Å². The van der Waals surface area contributed by atoms with Crippen molar-refractivity contribution in [3.05, 3.63) is 0 Å². The first-order chi connectivity index (χ1) is 5.18. The van der Waals surface area contributed by atoms with Gasteiger partial charge in [0.05, 0.1) is 0 Å². The zero-order valence-corrected chi connectivity index (χ0v) is 8.91. The van der Waals surface area contributed by atoms with Gasteiger partial charge in [-0.05, 0) is 20.0 Å². The SMILES string of the molecule is CCCCCC(C)C.CNC. The topological polar surface area (TPSA) is 12.0 Å². The fourth-order valence-electron chi connectivity index (χ4n) is 0.803. The highest BCUT2D eigenvalue weighted by Crippen LogP contribution is 2.06. The monoisotopic (exact) mass is 159 g/mol. The Hall–Kier alpha value is -0.0400. The van der Waals surface area contributed by atoms with Crippen molar-refractivity contribution in [1.82, 2.24) is 5.32 Å². The number of rotatable bonds is 4. The predicted molar refractivity (Wildman–Crippen MR) is 54.0 cm³/mol. The van der Waals surface area contributed by atoms with Crippen molar-refractivity contribution >= 4 is 0 Å². The van der Waals surface area contributed by atoms with Crippen molar-refractivity contribution in [2.24, 2.45) is 5.92 Å². The van der Waals surface area contributed by atoms with E-state index >= 15 is 0 Å². The van der Waals surface area contributed by atoms with Gasteiger partial charge in [-0.15, -0.1) is 0 Å². The van der Waals surface area contributed by atoms with Gasteiger partial charge in [0.2, 0.25) is 0 Å². The first-order valence-electron chi connectivity index (χ1n) is 4.77. The number of hydrogen-bond donors (Lipinski definition) is 1. The Morgan fingerprint density at radius 3 is 1.82 bits per heavy atom. The van der Waals surface area contributed by atoms with Crippen molar-refractivity contribution in [3.63, 3.8) is 0 Å². The summed E-state index contributed by atoms with van der Waals surface area (Å²) in [4.78, 5) is 0. The molecule has 0 aliphatic heterocycles. The molecule has 0 aliphatic rings. The van der Waals surface area contributed by atoms with Crippen LogP contribution >= 0.6 is 0 Å². The molecule has 0 saturated carbocycles. The predicted octanol–water partition coefficient (Wildman–Crippen LogP) is 3.06. The van der Waals surface area contributed by atoms with Crippen LogP contribution in [0.25, 0.3) is 0 Å². The molecule has 0 bridgehead atoms. The molecule has 11 heavy (non-hydrogen) atoms. The van der Waals surface area contributed by atoms with E-state index in [9.17, 15) is 0 Å². The molecule has 0 fully saturated rings. The van der Waals surface area contributed by atoms with E-state index in [0.29, 0.717) is 0 Å². The number of hydrogen-bond acceptors (Lipinski definition) is 1. The molecular formula is C10H25N. The van der Waals surface area contributed by atoms with Gasteiger partial charge in [0.25, 0.3) is 0 Å². The lowest BCUT2D eigenvalue weighted by Gasteiger charge is -2.00. The van der Waals surface area contributed by atoms with Crippen LogP contribution in [0.3, 0.4) is 0 Å². The third kappa shape index (κ3) is 25.7. The minimum atomic E-state index is 0.904. The zero-order valence-electron chi connectivity index (χ0n) is 8.91. The summed E-state index contributed by atoms with van der Waals surface area (Å²) in [6.45, 7) is 6.83. The molecule has 1 heteroatoms. The maximum absolute atomic E-state index is 2.75. The van der Waals surface area contributed by atoms with Crippen molar-refractivity contribution in [2.75, 3.05) is 14.1 Å². The lowest BCUT2D eigenvalue weighted by molar-refractivity contribution is 0.534. The molecule has 0 saturated heterocycles. The summed E-state index contributed by atoms with van der Waals surface area (Å²) < 4.78 is 0. The fourth-order valence-corrected chi connectivity index (χ4v) is 0.803. The van der Waals surface area contributed by atoms with Crippen LogP contribution in [0.2, 0.25) is 0 Å². The summed E-state index contributed by atoms with van der Waals surface area (Å²) in [7, 11) is 3.75. The molecule has 0 amide bonds. The first kappa shape index (κ1) is 13.5. The molecule has 0 unspecified atom stereocenters. The van der Waals surface area contributed by atoms with E-state index < -0.39 is 0 Å². The Kier molecular flexibility index (Phi) is 15.5. The summed E-state index contributed by atoms with van der Waals surface area (Å²) in [5, 5.41) is 2.75. The second-order valence-corrected chi connectivity index (χ2v) is 3.39. The standard InChI is InChI=1S/C8H18.C2H7N/c1-4-5-6-7-8(2)3;1-3-2/h8H,4-7H2,1-3H3;3H,1-2H3. The van der Waals surface area contributed by atoms with Gasteiger partial charge >= 0.3 is 0 Å². The summed E-state index contributed by atoms with van der Waals surface area (Å²) in [5.41, 5.74) is 0. The molecule has 70 valence electrons. The third-order valence-electron chi connectivity index (χ3n) is 1.39. The fraction of sp³-hybridized carbons (Fsp3) is 1.00. The van der Waals surface area contributed by atoms with Gasteiger partial charge < -0.3 is 5.32 Å². The molecule has 1 N–H and O–H groups in total. The summed E-state index contributed by atoms with van der Waals surface area (Å²) in [6, 6.07) is 0. The minimum absolute atomic E-state index is 0.904. The molecule has 0 aromatic rings. The Bertz CT molecular complexity index is 50.8. The van der Waals surface area contributed by atoms with Gasteiger partial charge in [-0.3, -0.25) is 0 Å². The number of nitrogens with one attached hydrogen (secondary N) is 1. The van der Waals surface area contributed by atoms with Crippen molar-refractivity contribution in [1.29, 1.82) is 0 Å². The molecule has 1 nitrogen and oxygen atoms in total. The highest BCUT2D eigenvalue weighted by atomic mass is 14.7. The molecule has 0 aromatic carbocycles. The van der Waals surface area contributed by atoms with Crippen molar-refractivity contribution in [2.45, 2.75) is 46.5 Å². The van der Waals surface area contributed by atoms with Gasteiger partial charge in [0.15, 0.2) is 0 Å². The van der Waals surface area contributed by atoms with E-state index in [1.165, 1.54) is 25.7 Å². The molecule has 0 radical (unpaired) electrons. The average Bonchev–Trinajstić information content (AvgIpc) is 1.89. The van der Waals surface area contributed by atoms with E-state index in [0.717, 1.165) is 5.92 Å². The number of unbranched alkanes of at least 4 members (excludes halogenated alkanes) is 2. The van der Waals surface area contributed by atoms with Crippen LogP contribution in [0.4, 0.5) is 0 Å². The summed E-state index contributed by atoms with van der Waals surface area (Å²) >= 11 is 0. The van der Waals surface area contributed by atoms with Crippen LogP contribution in [0, 0.1) is 5.92 Å². The maximum atomic E-state index is 2.75. The Morgan fingerprint density at radius 2 is 1.55 bits per heavy atom. The van der Waals surface area contributed by atoms with E-state index in [2.05, 4.69) is 26.1 Å². The largest absolute Gasteiger partial charge is 0.323 e. The van der Waals surface area contributed by atoms with Gasteiger partial charge in [-0.1, -0.05) is 46.5 Å². The third-order valence-corrected chi connectivity index (χ3v) is 1.39. The molecule has 0 rings (SSSR count). The van der Waals surface area contributed by atoms with Gasteiger partial charge in [-0.25, -0.2) is 0 Å². The highest BCUT2D eigenvalue weighted by molar-refractivity contribution is 4.44.